The summed E-state index contributed by atoms with van der Waals surface area (Å²) >= 11 is 4.74. The van der Waals surface area contributed by atoms with Gasteiger partial charge in [-0.3, -0.25) is 9.59 Å². The van der Waals surface area contributed by atoms with Crippen LogP contribution in [0.5, 0.6) is 5.75 Å². The zero-order chi connectivity index (χ0) is 14.2. The van der Waals surface area contributed by atoms with Crippen molar-refractivity contribution in [3.8, 4) is 5.75 Å². The van der Waals surface area contributed by atoms with Crippen molar-refractivity contribution in [3.63, 3.8) is 0 Å². The first-order valence-corrected chi connectivity index (χ1v) is 7.45. The van der Waals surface area contributed by atoms with Crippen molar-refractivity contribution in [3.05, 3.63) is 14.2 Å². The first kappa shape index (κ1) is 14.3. The number of aryl methyl sites for hydroxylation is 1. The van der Waals surface area contributed by atoms with Crippen LogP contribution in [-0.2, 0) is 4.79 Å². The highest BCUT2D eigenvalue weighted by Crippen LogP contribution is 2.39. The molecule has 0 bridgehead atoms. The summed E-state index contributed by atoms with van der Waals surface area (Å²) in [6, 6.07) is -0.427. The number of nitrogens with zero attached hydrogens (tertiary/aromatic N) is 1. The topological polar surface area (TPSA) is 58.6 Å². The molecular formula is C12H15BrN2O3S. The monoisotopic (exact) mass is 346 g/mol. The van der Waals surface area contributed by atoms with E-state index in [9.17, 15) is 9.59 Å². The summed E-state index contributed by atoms with van der Waals surface area (Å²) in [6.07, 6.45) is 0.648. The van der Waals surface area contributed by atoms with Crippen LogP contribution in [0.4, 0.5) is 0 Å². The predicted molar refractivity (Wildman–Crippen MR) is 76.8 cm³/mol. The van der Waals surface area contributed by atoms with Gasteiger partial charge >= 0.3 is 0 Å². The van der Waals surface area contributed by atoms with Gasteiger partial charge in [-0.05, 0) is 29.3 Å². The number of hydrogen-bond donors (Lipinski definition) is 1. The Bertz CT molecular complexity index is 529. The highest BCUT2D eigenvalue weighted by Gasteiger charge is 2.32. The first-order valence-electron chi connectivity index (χ1n) is 5.84. The molecule has 0 radical (unpaired) electrons. The lowest BCUT2D eigenvalue weighted by Crippen LogP contribution is -2.40. The smallest absolute Gasteiger partial charge is 0.265 e. The second kappa shape index (κ2) is 5.50. The molecule has 1 N–H and O–H groups in total. The van der Waals surface area contributed by atoms with Crippen molar-refractivity contribution in [2.45, 2.75) is 19.4 Å². The Hall–Kier alpha value is -1.08. The van der Waals surface area contributed by atoms with Gasteiger partial charge in [-0.2, -0.15) is 0 Å². The number of likely N-dealkylation sites (N-methyl/N-ethyl adjacent to an activating group) is 1. The molecule has 1 aromatic heterocycles. The van der Waals surface area contributed by atoms with E-state index in [2.05, 4.69) is 21.2 Å². The molecule has 0 spiro atoms. The Kier molecular flexibility index (Phi) is 4.15. The van der Waals surface area contributed by atoms with Crippen LogP contribution in [0.2, 0.25) is 0 Å². The number of carbonyl (C=O) groups excluding carboxylic acids is 2. The minimum Gasteiger partial charge on any atom is -0.494 e. The van der Waals surface area contributed by atoms with Gasteiger partial charge in [0.15, 0.2) is 5.75 Å². The predicted octanol–water partition coefficient (Wildman–Crippen LogP) is 1.79. The van der Waals surface area contributed by atoms with E-state index in [-0.39, 0.29) is 11.8 Å². The quantitative estimate of drug-likeness (QED) is 0.907. The van der Waals surface area contributed by atoms with Crippen molar-refractivity contribution in [2.75, 3.05) is 20.7 Å². The molecule has 0 saturated carbocycles. The Balaban J connectivity index is 2.17. The van der Waals surface area contributed by atoms with Crippen molar-refractivity contribution < 1.29 is 14.3 Å². The van der Waals surface area contributed by atoms with Gasteiger partial charge in [0, 0.05) is 18.5 Å². The maximum absolute atomic E-state index is 12.2. The standard InChI is InChI=1S/C12H15BrN2O3S/c1-6-8(13)9(18-3)10(19-6)11(16)14-7-4-5-15(2)12(7)17/h7H,4-5H2,1-3H3,(H,14,16)/t7-/m1/s1. The summed E-state index contributed by atoms with van der Waals surface area (Å²) < 4.78 is 6.03. The third kappa shape index (κ3) is 2.62. The minimum atomic E-state index is -0.427. The Morgan fingerprint density at radius 3 is 2.79 bits per heavy atom. The van der Waals surface area contributed by atoms with Gasteiger partial charge in [0.2, 0.25) is 5.91 Å². The van der Waals surface area contributed by atoms with Crippen molar-refractivity contribution in [1.82, 2.24) is 10.2 Å². The average Bonchev–Trinajstić information content (AvgIpc) is 2.84. The number of likely N-dealkylation sites (tertiary alicyclic amines) is 1. The summed E-state index contributed by atoms with van der Waals surface area (Å²) in [4.78, 5) is 27.1. The average molecular weight is 347 g/mol. The lowest BCUT2D eigenvalue weighted by molar-refractivity contribution is -0.128. The first-order chi connectivity index (χ1) is 8.95. The summed E-state index contributed by atoms with van der Waals surface area (Å²) in [5, 5.41) is 2.77. The summed E-state index contributed by atoms with van der Waals surface area (Å²) in [6.45, 7) is 2.58. The number of halogens is 1. The van der Waals surface area contributed by atoms with Crippen LogP contribution >= 0.6 is 27.3 Å². The fraction of sp³-hybridized carbons (Fsp3) is 0.500. The summed E-state index contributed by atoms with van der Waals surface area (Å²) in [7, 11) is 3.26. The molecule has 1 aliphatic heterocycles. The van der Waals surface area contributed by atoms with Crippen molar-refractivity contribution in [1.29, 1.82) is 0 Å². The zero-order valence-electron chi connectivity index (χ0n) is 10.9. The number of ether oxygens (including phenoxy) is 1. The number of nitrogens with one attached hydrogen (secondary N) is 1. The molecule has 0 aromatic carbocycles. The van der Waals surface area contributed by atoms with E-state index in [0.29, 0.717) is 23.6 Å². The normalized spacial score (nSPS) is 18.8. The maximum Gasteiger partial charge on any atom is 0.265 e. The molecule has 2 rings (SSSR count). The molecule has 19 heavy (non-hydrogen) atoms. The SMILES string of the molecule is COc1c(C(=O)N[C@@H]2CCN(C)C2=O)sc(C)c1Br. The third-order valence-corrected chi connectivity index (χ3v) is 5.42. The number of amides is 2. The van der Waals surface area contributed by atoms with Crippen molar-refractivity contribution >= 4 is 39.1 Å². The number of rotatable bonds is 3. The Labute approximate surface area is 124 Å². The van der Waals surface area contributed by atoms with Gasteiger partial charge in [0.05, 0.1) is 11.6 Å². The van der Waals surface area contributed by atoms with Gasteiger partial charge in [-0.25, -0.2) is 0 Å². The fourth-order valence-corrected chi connectivity index (χ4v) is 3.67. The molecule has 1 saturated heterocycles. The number of carbonyl (C=O) groups is 2. The second-order valence-corrected chi connectivity index (χ2v) is 6.43. The van der Waals surface area contributed by atoms with Gasteiger partial charge in [-0.1, -0.05) is 0 Å². The third-order valence-electron chi connectivity index (χ3n) is 3.11. The van der Waals surface area contributed by atoms with Gasteiger partial charge in [-0.15, -0.1) is 11.3 Å². The number of hydrogen-bond acceptors (Lipinski definition) is 4. The number of thiophene rings is 1. The second-order valence-electron chi connectivity index (χ2n) is 4.41. The van der Waals surface area contributed by atoms with Crippen LogP contribution in [0.1, 0.15) is 21.0 Å². The van der Waals surface area contributed by atoms with Crippen LogP contribution < -0.4 is 10.1 Å². The molecule has 7 heteroatoms. The molecule has 104 valence electrons. The highest BCUT2D eigenvalue weighted by molar-refractivity contribution is 9.10. The highest BCUT2D eigenvalue weighted by atomic mass is 79.9. The van der Waals surface area contributed by atoms with E-state index < -0.39 is 6.04 Å². The maximum atomic E-state index is 12.2. The van der Waals surface area contributed by atoms with Gasteiger partial charge < -0.3 is 15.0 Å². The molecule has 1 atom stereocenters. The molecule has 0 aliphatic carbocycles. The van der Waals surface area contributed by atoms with E-state index in [1.54, 1.807) is 11.9 Å². The molecule has 2 amide bonds. The lowest BCUT2D eigenvalue weighted by atomic mass is 10.2. The summed E-state index contributed by atoms with van der Waals surface area (Å²) in [5.41, 5.74) is 0. The molecule has 1 aromatic rings. The van der Waals surface area contributed by atoms with Crippen LogP contribution in [0.15, 0.2) is 4.47 Å². The summed E-state index contributed by atoms with van der Waals surface area (Å²) in [5.74, 6) is 0.225. The molecule has 5 nitrogen and oxygen atoms in total. The molecule has 2 heterocycles. The largest absolute Gasteiger partial charge is 0.494 e. The zero-order valence-corrected chi connectivity index (χ0v) is 13.4. The van der Waals surface area contributed by atoms with E-state index in [0.717, 1.165) is 9.35 Å². The lowest BCUT2D eigenvalue weighted by Gasteiger charge is -2.12. The molecule has 1 fully saturated rings. The molecule has 0 unspecified atom stereocenters. The van der Waals surface area contributed by atoms with E-state index in [1.165, 1.54) is 18.4 Å². The molecule has 1 aliphatic rings. The van der Waals surface area contributed by atoms with Crippen molar-refractivity contribution in [2.24, 2.45) is 0 Å². The van der Waals surface area contributed by atoms with Gasteiger partial charge in [0.25, 0.3) is 5.91 Å². The van der Waals surface area contributed by atoms with Crippen LogP contribution in [-0.4, -0.2) is 43.5 Å². The van der Waals surface area contributed by atoms with Gasteiger partial charge in [0.1, 0.15) is 10.9 Å². The Morgan fingerprint density at radius 2 is 2.26 bits per heavy atom. The minimum absolute atomic E-state index is 0.0420. The Morgan fingerprint density at radius 1 is 1.58 bits per heavy atom. The molecular weight excluding hydrogens is 332 g/mol. The van der Waals surface area contributed by atoms with E-state index in [4.69, 9.17) is 4.74 Å². The van der Waals surface area contributed by atoms with E-state index >= 15 is 0 Å². The van der Waals surface area contributed by atoms with E-state index in [1.807, 2.05) is 6.92 Å². The fourth-order valence-electron chi connectivity index (χ4n) is 2.02. The number of methoxy groups -OCH3 is 1. The van der Waals surface area contributed by atoms with Crippen LogP contribution in [0.3, 0.4) is 0 Å². The van der Waals surface area contributed by atoms with Crippen LogP contribution in [0, 0.1) is 6.92 Å². The van der Waals surface area contributed by atoms with Crippen LogP contribution in [0.25, 0.3) is 0 Å².